The van der Waals surface area contributed by atoms with Gasteiger partial charge in [-0.1, -0.05) is 18.2 Å². The number of anilines is 2. The van der Waals surface area contributed by atoms with Gasteiger partial charge in [-0.2, -0.15) is 0 Å². The molecule has 0 unspecified atom stereocenters. The van der Waals surface area contributed by atoms with Crippen LogP contribution in [0.15, 0.2) is 54.9 Å². The van der Waals surface area contributed by atoms with Crippen LogP contribution in [-0.2, 0) is 52.2 Å². The number of aryl methyl sites for hydroxylation is 2. The maximum absolute atomic E-state index is 13.4. The highest BCUT2D eigenvalue weighted by Crippen LogP contribution is 2.28. The van der Waals surface area contributed by atoms with Crippen molar-refractivity contribution in [1.82, 2.24) is 24.8 Å². The van der Waals surface area contributed by atoms with Gasteiger partial charge in [0.25, 0.3) is 17.7 Å². The molecule has 1 aliphatic rings. The summed E-state index contributed by atoms with van der Waals surface area (Å²) < 4.78 is 25.0. The second-order valence-corrected chi connectivity index (χ2v) is 13.0. The van der Waals surface area contributed by atoms with Gasteiger partial charge in [-0.15, -0.1) is 0 Å². The predicted molar refractivity (Wildman–Crippen MR) is 196 cm³/mol. The number of rotatable bonds is 13. The average molecular weight is 762 g/mol. The first-order valence-electron chi connectivity index (χ1n) is 17.4. The molecule has 4 heterocycles. The molecule has 4 amide bonds. The van der Waals surface area contributed by atoms with Crippen molar-refractivity contribution >= 4 is 63.8 Å². The van der Waals surface area contributed by atoms with E-state index >= 15 is 0 Å². The molecule has 5 rings (SSSR count). The minimum Gasteiger partial charge on any atom is -0.456 e. The summed E-state index contributed by atoms with van der Waals surface area (Å²) in [6.45, 7) is 5.15. The summed E-state index contributed by atoms with van der Waals surface area (Å²) in [7, 11) is 3.26. The summed E-state index contributed by atoms with van der Waals surface area (Å²) in [5.41, 5.74) is 2.38. The number of amides is 4. The minimum atomic E-state index is -1.37. The number of aromatic amines is 1. The smallest absolute Gasteiger partial charge is 0.303 e. The number of nitrogens with one attached hydrogen (secondary N) is 5. The van der Waals surface area contributed by atoms with Crippen LogP contribution in [0.25, 0.3) is 10.9 Å². The average Bonchev–Trinajstić information content (AvgIpc) is 3.81. The van der Waals surface area contributed by atoms with Crippen molar-refractivity contribution in [3.05, 3.63) is 71.9 Å². The second kappa shape index (κ2) is 17.1. The molecule has 0 bridgehead atoms. The number of aromatic nitrogens is 3. The van der Waals surface area contributed by atoms with Crippen molar-refractivity contribution in [1.29, 1.82) is 0 Å². The van der Waals surface area contributed by atoms with Gasteiger partial charge in [0.1, 0.15) is 17.1 Å². The van der Waals surface area contributed by atoms with E-state index in [1.54, 1.807) is 43.9 Å². The fourth-order valence-corrected chi connectivity index (χ4v) is 6.21. The van der Waals surface area contributed by atoms with E-state index in [2.05, 4.69) is 26.3 Å². The Morgan fingerprint density at radius 3 is 1.96 bits per heavy atom. The van der Waals surface area contributed by atoms with Crippen LogP contribution in [0, 0.1) is 0 Å². The van der Waals surface area contributed by atoms with Gasteiger partial charge in [-0.3, -0.25) is 33.6 Å². The molecule has 0 spiro atoms. The number of fused-ring (bicyclic) bond motifs is 1. The van der Waals surface area contributed by atoms with Crippen molar-refractivity contribution in [2.24, 2.45) is 14.1 Å². The molecule has 292 valence electrons. The Morgan fingerprint density at radius 2 is 1.33 bits per heavy atom. The van der Waals surface area contributed by atoms with E-state index in [1.165, 1.54) is 16.8 Å². The SMILES string of the molecule is CC(=O)O[C@@H]1[C@H](OC(C)=O)[C@H](C)O[C@H](NC(=O)c2cc(NC(=O)CCCNC(=O)c3cc(NC(=O)c4cc5ccccc5[nH]4)cn3C)cn2C)[C@H]1OC(C)=O. The van der Waals surface area contributed by atoms with Crippen molar-refractivity contribution in [3.63, 3.8) is 0 Å². The van der Waals surface area contributed by atoms with Crippen LogP contribution < -0.4 is 21.3 Å². The quantitative estimate of drug-likeness (QED) is 0.0755. The van der Waals surface area contributed by atoms with Gasteiger partial charge < -0.3 is 54.3 Å². The lowest BCUT2D eigenvalue weighted by Gasteiger charge is -2.43. The van der Waals surface area contributed by atoms with E-state index in [1.807, 2.05) is 24.3 Å². The highest BCUT2D eigenvalue weighted by Gasteiger charge is 2.51. The minimum absolute atomic E-state index is 0.0502. The molecular weight excluding hydrogens is 718 g/mol. The highest BCUT2D eigenvalue weighted by molar-refractivity contribution is 6.06. The normalized spacial score (nSPS) is 19.2. The molecule has 0 radical (unpaired) electrons. The van der Waals surface area contributed by atoms with Crippen molar-refractivity contribution < 1.29 is 52.5 Å². The zero-order chi connectivity index (χ0) is 40.0. The Balaban J connectivity index is 1.12. The van der Waals surface area contributed by atoms with Crippen LogP contribution in [0.2, 0.25) is 0 Å². The molecule has 5 N–H and O–H groups in total. The topological polar surface area (TPSA) is 230 Å². The maximum atomic E-state index is 13.4. The third-order valence-corrected chi connectivity index (χ3v) is 8.61. The largest absolute Gasteiger partial charge is 0.456 e. The summed E-state index contributed by atoms with van der Waals surface area (Å²) in [5.74, 6) is -3.96. The molecule has 18 nitrogen and oxygen atoms in total. The summed E-state index contributed by atoms with van der Waals surface area (Å²) in [6, 6.07) is 12.2. The van der Waals surface area contributed by atoms with Crippen LogP contribution in [0.1, 0.15) is 72.0 Å². The van der Waals surface area contributed by atoms with E-state index in [9.17, 15) is 33.6 Å². The van der Waals surface area contributed by atoms with Crippen LogP contribution >= 0.6 is 0 Å². The number of benzene rings is 1. The Labute approximate surface area is 315 Å². The maximum Gasteiger partial charge on any atom is 0.303 e. The third kappa shape index (κ3) is 9.96. The number of carbonyl (C=O) groups excluding carboxylic acids is 7. The van der Waals surface area contributed by atoms with Gasteiger partial charge in [0.05, 0.1) is 17.5 Å². The molecule has 3 aromatic heterocycles. The number of H-pyrrole nitrogens is 1. The standard InChI is InChI=1S/C37H43N7O11/c1-19-31(53-20(2)45)32(54-21(3)46)33(55-22(4)47)37(52-19)42-36(51)29-15-24(17-44(29)6)39-30(48)12-9-13-38-35(50)28-16-25(18-43(28)5)40-34(49)27-14-23-10-7-8-11-26(23)41-27/h7-8,10-11,14-19,31-33,37,41H,9,12-13H2,1-6H3,(H,38,50)(H,39,48)(H,40,49)(H,42,51)/t19-,31+,32+,33-,37-/m0/s1. The lowest BCUT2D eigenvalue weighted by molar-refractivity contribution is -0.246. The van der Waals surface area contributed by atoms with E-state index in [-0.39, 0.29) is 36.4 Å². The van der Waals surface area contributed by atoms with Crippen LogP contribution in [0.4, 0.5) is 11.4 Å². The van der Waals surface area contributed by atoms with Crippen molar-refractivity contribution in [3.8, 4) is 0 Å². The molecule has 0 aliphatic carbocycles. The summed E-state index contributed by atoms with van der Waals surface area (Å²) in [4.78, 5) is 90.6. The molecule has 18 heteroatoms. The third-order valence-electron chi connectivity index (χ3n) is 8.61. The van der Waals surface area contributed by atoms with E-state index in [0.29, 0.717) is 29.2 Å². The molecule has 1 saturated heterocycles. The fraction of sp³-hybridized carbons (Fsp3) is 0.378. The molecule has 55 heavy (non-hydrogen) atoms. The summed E-state index contributed by atoms with van der Waals surface area (Å²) >= 11 is 0. The van der Waals surface area contributed by atoms with Gasteiger partial charge in [0.15, 0.2) is 24.5 Å². The van der Waals surface area contributed by atoms with Gasteiger partial charge in [0, 0.05) is 71.1 Å². The molecule has 4 aromatic rings. The monoisotopic (exact) mass is 761 g/mol. The van der Waals surface area contributed by atoms with E-state index in [4.69, 9.17) is 18.9 Å². The zero-order valence-electron chi connectivity index (χ0n) is 31.1. The van der Waals surface area contributed by atoms with Crippen molar-refractivity contribution in [2.45, 2.75) is 71.2 Å². The Morgan fingerprint density at radius 1 is 0.745 bits per heavy atom. The number of nitrogens with zero attached hydrogens (tertiary/aromatic N) is 2. The molecule has 5 atom stereocenters. The molecule has 1 aromatic carbocycles. The number of hydrogen-bond acceptors (Lipinski definition) is 11. The Hall–Kier alpha value is -6.43. The van der Waals surface area contributed by atoms with Crippen LogP contribution in [0.5, 0.6) is 0 Å². The highest BCUT2D eigenvalue weighted by atomic mass is 16.7. The second-order valence-electron chi connectivity index (χ2n) is 13.0. The lowest BCUT2D eigenvalue weighted by atomic mass is 9.97. The molecule has 1 aliphatic heterocycles. The first-order valence-corrected chi connectivity index (χ1v) is 17.4. The summed E-state index contributed by atoms with van der Waals surface area (Å²) in [5, 5.41) is 11.8. The molecule has 1 fully saturated rings. The van der Waals surface area contributed by atoms with Gasteiger partial charge in [0.2, 0.25) is 5.91 Å². The Bertz CT molecular complexity index is 2080. The predicted octanol–water partition coefficient (Wildman–Crippen LogP) is 2.52. The Kier molecular flexibility index (Phi) is 12.4. The first kappa shape index (κ1) is 39.8. The van der Waals surface area contributed by atoms with Gasteiger partial charge in [-0.05, 0) is 37.6 Å². The first-order chi connectivity index (χ1) is 26.1. The summed E-state index contributed by atoms with van der Waals surface area (Å²) in [6.07, 6.45) is -2.49. The number of ether oxygens (including phenoxy) is 4. The molecular formula is C37H43N7O11. The van der Waals surface area contributed by atoms with Gasteiger partial charge in [-0.25, -0.2) is 0 Å². The van der Waals surface area contributed by atoms with E-state index in [0.717, 1.165) is 31.7 Å². The lowest BCUT2D eigenvalue weighted by Crippen LogP contribution is -2.64. The number of hydrogen-bond donors (Lipinski definition) is 5. The van der Waals surface area contributed by atoms with Crippen LogP contribution in [-0.4, -0.2) is 92.8 Å². The number of carbonyl (C=O) groups is 7. The molecule has 0 saturated carbocycles. The number of esters is 3. The zero-order valence-corrected chi connectivity index (χ0v) is 31.1. The fourth-order valence-electron chi connectivity index (χ4n) is 6.21. The van der Waals surface area contributed by atoms with Gasteiger partial charge >= 0.3 is 17.9 Å². The van der Waals surface area contributed by atoms with Crippen LogP contribution in [0.3, 0.4) is 0 Å². The van der Waals surface area contributed by atoms with Crippen molar-refractivity contribution in [2.75, 3.05) is 17.2 Å². The van der Waals surface area contributed by atoms with E-state index < -0.39 is 54.5 Å². The number of para-hydroxylation sites is 1.